The highest BCUT2D eigenvalue weighted by atomic mass is 16.5. The van der Waals surface area contributed by atoms with Crippen LogP contribution in [0.2, 0.25) is 0 Å². The first-order valence-corrected chi connectivity index (χ1v) is 6.34. The summed E-state index contributed by atoms with van der Waals surface area (Å²) in [6, 6.07) is -0.753. The SMILES string of the molecule is CCOC(=O)CCN1C(=O)NC(=O)C2(CCC2)C1=O. The van der Waals surface area contributed by atoms with E-state index in [0.29, 0.717) is 12.8 Å². The van der Waals surface area contributed by atoms with Gasteiger partial charge in [0.2, 0.25) is 11.8 Å². The van der Waals surface area contributed by atoms with E-state index < -0.39 is 29.2 Å². The van der Waals surface area contributed by atoms with E-state index in [0.717, 1.165) is 11.3 Å². The van der Waals surface area contributed by atoms with Gasteiger partial charge < -0.3 is 4.74 Å². The topological polar surface area (TPSA) is 92.8 Å². The van der Waals surface area contributed by atoms with Crippen molar-refractivity contribution in [1.82, 2.24) is 10.2 Å². The molecule has 1 N–H and O–H groups in total. The molecule has 0 bridgehead atoms. The second-order valence-electron chi connectivity index (χ2n) is 4.71. The van der Waals surface area contributed by atoms with Crippen molar-refractivity contribution in [3.05, 3.63) is 0 Å². The molecule has 0 atom stereocenters. The highest BCUT2D eigenvalue weighted by Gasteiger charge is 2.57. The Labute approximate surface area is 110 Å². The number of esters is 1. The number of amides is 4. The maximum absolute atomic E-state index is 12.2. The Bertz CT molecular complexity index is 441. The standard InChI is InChI=1S/C12H16N2O5/c1-2-19-8(15)4-7-14-10(17)12(5-3-6-12)9(16)13-11(14)18/h2-7H2,1H3,(H,13,16,18). The van der Waals surface area contributed by atoms with E-state index in [9.17, 15) is 19.2 Å². The van der Waals surface area contributed by atoms with Gasteiger partial charge in [-0.1, -0.05) is 6.42 Å². The van der Waals surface area contributed by atoms with Crippen molar-refractivity contribution >= 4 is 23.8 Å². The van der Waals surface area contributed by atoms with E-state index >= 15 is 0 Å². The molecule has 0 aromatic carbocycles. The summed E-state index contributed by atoms with van der Waals surface area (Å²) in [4.78, 5) is 47.8. The van der Waals surface area contributed by atoms with Gasteiger partial charge in [-0.05, 0) is 19.8 Å². The first-order chi connectivity index (χ1) is 9.01. The van der Waals surface area contributed by atoms with Gasteiger partial charge in [0.05, 0.1) is 13.0 Å². The predicted octanol–water partition coefficient (Wildman–Crippen LogP) is 0.188. The Morgan fingerprint density at radius 2 is 2.05 bits per heavy atom. The first-order valence-electron chi connectivity index (χ1n) is 6.34. The van der Waals surface area contributed by atoms with Crippen LogP contribution in [0.1, 0.15) is 32.6 Å². The Kier molecular flexibility index (Phi) is 3.55. The van der Waals surface area contributed by atoms with Crippen LogP contribution in [0.4, 0.5) is 4.79 Å². The van der Waals surface area contributed by atoms with E-state index in [1.165, 1.54) is 0 Å². The normalized spacial score (nSPS) is 21.1. The van der Waals surface area contributed by atoms with Gasteiger partial charge in [-0.25, -0.2) is 4.79 Å². The quantitative estimate of drug-likeness (QED) is 0.580. The third kappa shape index (κ3) is 2.20. The number of hydrogen-bond acceptors (Lipinski definition) is 5. The fourth-order valence-electron chi connectivity index (χ4n) is 2.34. The molecule has 2 rings (SSSR count). The number of nitrogens with zero attached hydrogens (tertiary/aromatic N) is 1. The average molecular weight is 268 g/mol. The van der Waals surface area contributed by atoms with Crippen LogP contribution >= 0.6 is 0 Å². The summed E-state index contributed by atoms with van der Waals surface area (Å²) < 4.78 is 4.74. The summed E-state index contributed by atoms with van der Waals surface area (Å²) >= 11 is 0. The molecule has 7 heteroatoms. The lowest BCUT2D eigenvalue weighted by molar-refractivity contribution is -0.157. The molecule has 4 amide bonds. The zero-order chi connectivity index (χ0) is 14.0. The number of urea groups is 1. The number of carbonyl (C=O) groups excluding carboxylic acids is 4. The minimum absolute atomic E-state index is 0.0570. The minimum Gasteiger partial charge on any atom is -0.466 e. The number of hydrogen-bond donors (Lipinski definition) is 1. The summed E-state index contributed by atoms with van der Waals surface area (Å²) in [6.07, 6.45) is 1.65. The number of nitrogens with one attached hydrogen (secondary N) is 1. The minimum atomic E-state index is -1.08. The number of barbiturate groups is 1. The number of imide groups is 2. The van der Waals surface area contributed by atoms with E-state index in [4.69, 9.17) is 4.74 Å². The van der Waals surface area contributed by atoms with Crippen molar-refractivity contribution in [3.8, 4) is 0 Å². The molecule has 0 aromatic rings. The lowest BCUT2D eigenvalue weighted by atomic mass is 9.66. The van der Waals surface area contributed by atoms with E-state index in [2.05, 4.69) is 5.32 Å². The van der Waals surface area contributed by atoms with Crippen LogP contribution in [0.3, 0.4) is 0 Å². The van der Waals surface area contributed by atoms with Crippen molar-refractivity contribution in [2.24, 2.45) is 5.41 Å². The van der Waals surface area contributed by atoms with Crippen LogP contribution in [-0.4, -0.2) is 41.9 Å². The fraction of sp³-hybridized carbons (Fsp3) is 0.667. The van der Waals surface area contributed by atoms with Gasteiger partial charge in [-0.3, -0.25) is 24.6 Å². The maximum Gasteiger partial charge on any atom is 0.330 e. The number of carbonyl (C=O) groups is 4. The molecule has 1 aliphatic carbocycles. The van der Waals surface area contributed by atoms with Gasteiger partial charge >= 0.3 is 12.0 Å². The van der Waals surface area contributed by atoms with Crippen LogP contribution < -0.4 is 5.32 Å². The van der Waals surface area contributed by atoms with Gasteiger partial charge in [0.25, 0.3) is 0 Å². The summed E-state index contributed by atoms with van der Waals surface area (Å²) in [7, 11) is 0. The van der Waals surface area contributed by atoms with Gasteiger partial charge in [0.15, 0.2) is 0 Å². The maximum atomic E-state index is 12.2. The molecule has 104 valence electrons. The summed E-state index contributed by atoms with van der Waals surface area (Å²) in [5.41, 5.74) is -1.08. The molecular formula is C12H16N2O5. The van der Waals surface area contributed by atoms with E-state index in [1.807, 2.05) is 0 Å². The average Bonchev–Trinajstić information content (AvgIpc) is 2.26. The van der Waals surface area contributed by atoms with Crippen molar-refractivity contribution in [2.75, 3.05) is 13.2 Å². The second kappa shape index (κ2) is 4.99. The summed E-state index contributed by atoms with van der Waals surface area (Å²) in [5, 5.41) is 2.18. The summed E-state index contributed by atoms with van der Waals surface area (Å²) in [6.45, 7) is 1.87. The molecule has 0 aromatic heterocycles. The van der Waals surface area contributed by atoms with Crippen LogP contribution in [0.5, 0.6) is 0 Å². The Balaban J connectivity index is 2.03. The molecule has 19 heavy (non-hydrogen) atoms. The van der Waals surface area contributed by atoms with Crippen molar-refractivity contribution in [1.29, 1.82) is 0 Å². The van der Waals surface area contributed by atoms with Crippen LogP contribution in [0.15, 0.2) is 0 Å². The molecule has 0 radical (unpaired) electrons. The van der Waals surface area contributed by atoms with Crippen molar-refractivity contribution < 1.29 is 23.9 Å². The van der Waals surface area contributed by atoms with Gasteiger partial charge in [0, 0.05) is 6.54 Å². The highest BCUT2D eigenvalue weighted by Crippen LogP contribution is 2.44. The Hall–Kier alpha value is -1.92. The molecule has 2 fully saturated rings. The molecule has 1 saturated carbocycles. The molecule has 1 saturated heterocycles. The summed E-state index contributed by atoms with van der Waals surface area (Å²) in [5.74, 6) is -1.47. The highest BCUT2D eigenvalue weighted by molar-refractivity contribution is 6.19. The lowest BCUT2D eigenvalue weighted by Crippen LogP contribution is -2.66. The van der Waals surface area contributed by atoms with Crippen molar-refractivity contribution in [3.63, 3.8) is 0 Å². The zero-order valence-corrected chi connectivity index (χ0v) is 10.7. The lowest BCUT2D eigenvalue weighted by Gasteiger charge is -2.44. The van der Waals surface area contributed by atoms with Gasteiger partial charge in [-0.2, -0.15) is 0 Å². The molecule has 1 heterocycles. The van der Waals surface area contributed by atoms with E-state index in [1.54, 1.807) is 6.92 Å². The Morgan fingerprint density at radius 1 is 1.37 bits per heavy atom. The molecule has 1 spiro atoms. The van der Waals surface area contributed by atoms with Gasteiger partial charge in [0.1, 0.15) is 5.41 Å². The Morgan fingerprint density at radius 3 is 2.58 bits per heavy atom. The first kappa shape index (κ1) is 13.5. The monoisotopic (exact) mass is 268 g/mol. The molecule has 1 aliphatic heterocycles. The molecule has 2 aliphatic rings. The van der Waals surface area contributed by atoms with Crippen LogP contribution in [0, 0.1) is 5.41 Å². The van der Waals surface area contributed by atoms with Crippen LogP contribution in [0.25, 0.3) is 0 Å². The number of ether oxygens (including phenoxy) is 1. The zero-order valence-electron chi connectivity index (χ0n) is 10.7. The molecular weight excluding hydrogens is 252 g/mol. The van der Waals surface area contributed by atoms with Crippen LogP contribution in [-0.2, 0) is 19.1 Å². The van der Waals surface area contributed by atoms with Crippen molar-refractivity contribution in [2.45, 2.75) is 32.6 Å². The largest absolute Gasteiger partial charge is 0.466 e. The third-order valence-electron chi connectivity index (χ3n) is 3.61. The molecule has 0 unspecified atom stereocenters. The molecule has 7 nitrogen and oxygen atoms in total. The smallest absolute Gasteiger partial charge is 0.330 e. The fourth-order valence-corrected chi connectivity index (χ4v) is 2.34. The number of rotatable bonds is 4. The van der Waals surface area contributed by atoms with Gasteiger partial charge in [-0.15, -0.1) is 0 Å². The van der Waals surface area contributed by atoms with E-state index in [-0.39, 0.29) is 19.6 Å². The predicted molar refractivity (Wildman–Crippen MR) is 62.8 cm³/mol. The second-order valence-corrected chi connectivity index (χ2v) is 4.71. The third-order valence-corrected chi connectivity index (χ3v) is 3.61.